The van der Waals surface area contributed by atoms with Crippen LogP contribution in [0.5, 0.6) is 0 Å². The molecule has 0 radical (unpaired) electrons. The van der Waals surface area contributed by atoms with Gasteiger partial charge in [-0.15, -0.1) is 0 Å². The van der Waals surface area contributed by atoms with Gasteiger partial charge >= 0.3 is 5.69 Å². The Morgan fingerprint density at radius 2 is 2.07 bits per heavy atom. The fourth-order valence-corrected chi connectivity index (χ4v) is 2.34. The van der Waals surface area contributed by atoms with Gasteiger partial charge in [0.15, 0.2) is 0 Å². The van der Waals surface area contributed by atoms with E-state index < -0.39 is 17.2 Å². The number of hydrogen-bond acceptors (Lipinski definition) is 6. The van der Waals surface area contributed by atoms with Crippen molar-refractivity contribution in [3.05, 3.63) is 74.4 Å². The Hall–Kier alpha value is -3.49. The van der Waals surface area contributed by atoms with Crippen molar-refractivity contribution in [2.45, 2.75) is 32.7 Å². The first-order valence-electron chi connectivity index (χ1n) is 8.26. The van der Waals surface area contributed by atoms with Crippen molar-refractivity contribution in [3.8, 4) is 0 Å². The third-order valence-corrected chi connectivity index (χ3v) is 3.87. The summed E-state index contributed by atoms with van der Waals surface area (Å²) < 4.78 is 6.01. The predicted octanol–water partition coefficient (Wildman–Crippen LogP) is 1.52. The van der Waals surface area contributed by atoms with Crippen LogP contribution in [-0.2, 0) is 12.0 Å². The molecule has 9 nitrogen and oxygen atoms in total. The minimum absolute atomic E-state index is 0.0490. The van der Waals surface area contributed by atoms with E-state index in [2.05, 4.69) is 20.4 Å². The maximum Gasteiger partial charge on any atom is 0.328 e. The average Bonchev–Trinajstić information content (AvgIpc) is 3.08. The zero-order valence-electron chi connectivity index (χ0n) is 15.1. The number of pyridine rings is 1. The fraction of sp³-hybridized carbons (Fsp3) is 0.278. The molecule has 140 valence electrons. The van der Waals surface area contributed by atoms with E-state index in [9.17, 15) is 14.4 Å². The van der Waals surface area contributed by atoms with Crippen molar-refractivity contribution in [3.63, 3.8) is 0 Å². The Kier molecular flexibility index (Phi) is 4.76. The first-order chi connectivity index (χ1) is 12.8. The molecule has 27 heavy (non-hydrogen) atoms. The van der Waals surface area contributed by atoms with Crippen LogP contribution in [0, 0.1) is 0 Å². The van der Waals surface area contributed by atoms with E-state index in [0.717, 1.165) is 10.8 Å². The van der Waals surface area contributed by atoms with E-state index in [-0.39, 0.29) is 23.4 Å². The third-order valence-electron chi connectivity index (χ3n) is 3.87. The van der Waals surface area contributed by atoms with Gasteiger partial charge in [0.05, 0.1) is 17.9 Å². The van der Waals surface area contributed by atoms with Gasteiger partial charge in [-0.25, -0.2) is 4.79 Å². The Bertz CT molecular complexity index is 1070. The molecule has 0 saturated heterocycles. The highest BCUT2D eigenvalue weighted by Gasteiger charge is 2.21. The van der Waals surface area contributed by atoms with Gasteiger partial charge in [0.25, 0.3) is 11.5 Å². The fourth-order valence-electron chi connectivity index (χ4n) is 2.34. The lowest BCUT2D eigenvalue weighted by Gasteiger charge is -2.12. The minimum atomic E-state index is -0.725. The molecule has 0 spiro atoms. The molecule has 3 aromatic heterocycles. The van der Waals surface area contributed by atoms with Gasteiger partial charge in [-0.2, -0.15) is 0 Å². The van der Waals surface area contributed by atoms with Crippen LogP contribution in [0.25, 0.3) is 0 Å². The standard InChI is InChI=1S/C18H19N5O4/c1-18(2,3)13-8-14(27-22-13)21-15(24)12-9-20-17(26)23(16(12)25)10-11-6-4-5-7-19-11/h4-9H,10H2,1-3H3,(H,20,26)(H,21,24). The predicted molar refractivity (Wildman–Crippen MR) is 97.8 cm³/mol. The number of aromatic nitrogens is 4. The molecule has 0 fully saturated rings. The largest absolute Gasteiger partial charge is 0.338 e. The maximum atomic E-state index is 12.6. The maximum absolute atomic E-state index is 12.6. The molecule has 1 amide bonds. The summed E-state index contributed by atoms with van der Waals surface area (Å²) in [7, 11) is 0. The number of hydrogen-bond donors (Lipinski definition) is 2. The lowest BCUT2D eigenvalue weighted by molar-refractivity contribution is 0.102. The van der Waals surface area contributed by atoms with Crippen LogP contribution in [0.15, 0.2) is 50.8 Å². The number of rotatable bonds is 4. The van der Waals surface area contributed by atoms with Crippen molar-refractivity contribution in [1.82, 2.24) is 19.7 Å². The zero-order chi connectivity index (χ0) is 19.6. The van der Waals surface area contributed by atoms with Crippen molar-refractivity contribution in [2.24, 2.45) is 0 Å². The molecule has 0 bridgehead atoms. The van der Waals surface area contributed by atoms with E-state index in [1.54, 1.807) is 30.5 Å². The first kappa shape index (κ1) is 18.3. The van der Waals surface area contributed by atoms with Gasteiger partial charge in [0, 0.05) is 23.9 Å². The summed E-state index contributed by atoms with van der Waals surface area (Å²) in [5.41, 5.74) is -0.645. The summed E-state index contributed by atoms with van der Waals surface area (Å²) >= 11 is 0. The molecule has 0 atom stereocenters. The van der Waals surface area contributed by atoms with Crippen LogP contribution < -0.4 is 16.6 Å². The molecule has 0 aliphatic carbocycles. The highest BCUT2D eigenvalue weighted by molar-refractivity contribution is 6.03. The lowest BCUT2D eigenvalue weighted by atomic mass is 9.92. The van der Waals surface area contributed by atoms with Crippen LogP contribution in [0.1, 0.15) is 42.5 Å². The van der Waals surface area contributed by atoms with E-state index in [0.29, 0.717) is 11.4 Å². The van der Waals surface area contributed by atoms with Crippen LogP contribution in [-0.4, -0.2) is 25.6 Å². The van der Waals surface area contributed by atoms with Gasteiger partial charge in [0.2, 0.25) is 5.88 Å². The SMILES string of the molecule is CC(C)(C)c1cc(NC(=O)c2c[nH]c(=O)n(Cc3ccccn3)c2=O)on1. The van der Waals surface area contributed by atoms with Gasteiger partial charge in [0.1, 0.15) is 5.56 Å². The quantitative estimate of drug-likeness (QED) is 0.719. The number of nitrogens with one attached hydrogen (secondary N) is 2. The van der Waals surface area contributed by atoms with Crippen molar-refractivity contribution < 1.29 is 9.32 Å². The molecule has 0 saturated carbocycles. The van der Waals surface area contributed by atoms with Crippen LogP contribution in [0.2, 0.25) is 0 Å². The van der Waals surface area contributed by atoms with Crippen molar-refractivity contribution >= 4 is 11.8 Å². The summed E-state index contributed by atoms with van der Waals surface area (Å²) in [4.78, 5) is 43.6. The summed E-state index contributed by atoms with van der Waals surface area (Å²) in [5, 5.41) is 6.39. The molecule has 9 heteroatoms. The summed E-state index contributed by atoms with van der Waals surface area (Å²) in [6.45, 7) is 5.81. The Morgan fingerprint density at radius 3 is 2.70 bits per heavy atom. The summed E-state index contributed by atoms with van der Waals surface area (Å²) in [6.07, 6.45) is 2.64. The van der Waals surface area contributed by atoms with Crippen LogP contribution in [0.3, 0.4) is 0 Å². The highest BCUT2D eigenvalue weighted by atomic mass is 16.5. The number of carbonyl (C=O) groups excluding carboxylic acids is 1. The Labute approximate surface area is 154 Å². The second-order valence-corrected chi connectivity index (χ2v) is 7.00. The van der Waals surface area contributed by atoms with Gasteiger partial charge < -0.3 is 9.51 Å². The van der Waals surface area contributed by atoms with E-state index in [4.69, 9.17) is 4.52 Å². The van der Waals surface area contributed by atoms with Crippen molar-refractivity contribution in [1.29, 1.82) is 0 Å². The van der Waals surface area contributed by atoms with Crippen molar-refractivity contribution in [2.75, 3.05) is 5.32 Å². The minimum Gasteiger partial charge on any atom is -0.338 e. The molecule has 2 N–H and O–H groups in total. The first-order valence-corrected chi connectivity index (χ1v) is 8.26. The molecular formula is C18H19N5O4. The van der Waals surface area contributed by atoms with Gasteiger partial charge in [-0.05, 0) is 12.1 Å². The number of aromatic amines is 1. The monoisotopic (exact) mass is 369 g/mol. The molecule has 0 aliphatic rings. The molecule has 3 aromatic rings. The Balaban J connectivity index is 1.87. The number of carbonyl (C=O) groups is 1. The zero-order valence-corrected chi connectivity index (χ0v) is 15.1. The highest BCUT2D eigenvalue weighted by Crippen LogP contribution is 2.23. The summed E-state index contributed by atoms with van der Waals surface area (Å²) in [5.74, 6) is -0.588. The number of nitrogens with zero attached hydrogens (tertiary/aromatic N) is 3. The molecule has 3 rings (SSSR count). The van der Waals surface area contributed by atoms with Gasteiger partial charge in [-0.3, -0.25) is 24.5 Å². The normalized spacial score (nSPS) is 11.4. The topological polar surface area (TPSA) is 123 Å². The number of H-pyrrole nitrogens is 1. The average molecular weight is 369 g/mol. The molecular weight excluding hydrogens is 350 g/mol. The smallest absolute Gasteiger partial charge is 0.328 e. The molecule has 0 aromatic carbocycles. The number of anilines is 1. The van der Waals surface area contributed by atoms with Gasteiger partial charge in [-0.1, -0.05) is 32.0 Å². The van der Waals surface area contributed by atoms with E-state index >= 15 is 0 Å². The second-order valence-electron chi connectivity index (χ2n) is 7.00. The van der Waals surface area contributed by atoms with Crippen LogP contribution in [0.4, 0.5) is 5.88 Å². The molecule has 3 heterocycles. The van der Waals surface area contributed by atoms with E-state index in [1.165, 1.54) is 0 Å². The number of amides is 1. The van der Waals surface area contributed by atoms with Crippen LogP contribution >= 0.6 is 0 Å². The third kappa shape index (κ3) is 4.02. The Morgan fingerprint density at radius 1 is 1.30 bits per heavy atom. The molecule has 0 unspecified atom stereocenters. The van der Waals surface area contributed by atoms with E-state index in [1.807, 2.05) is 20.8 Å². The molecule has 0 aliphatic heterocycles. The lowest BCUT2D eigenvalue weighted by Crippen LogP contribution is -2.39. The second kappa shape index (κ2) is 7.02. The summed E-state index contributed by atoms with van der Waals surface area (Å²) in [6, 6.07) is 6.75.